The Labute approximate surface area is 179 Å². The van der Waals surface area contributed by atoms with E-state index < -0.39 is 10.0 Å². The normalized spacial score (nSPS) is 15.2. The molecule has 7 heteroatoms. The second-order valence-electron chi connectivity index (χ2n) is 8.04. The van der Waals surface area contributed by atoms with Crippen molar-refractivity contribution >= 4 is 21.6 Å². The number of benzene rings is 2. The summed E-state index contributed by atoms with van der Waals surface area (Å²) in [5.41, 5.74) is 1.73. The Morgan fingerprint density at radius 1 is 1.00 bits per heavy atom. The number of hydrogen-bond donors (Lipinski definition) is 2. The predicted octanol–water partition coefficient (Wildman–Crippen LogP) is 4.44. The van der Waals surface area contributed by atoms with Crippen molar-refractivity contribution < 1.29 is 17.9 Å². The van der Waals surface area contributed by atoms with Crippen LogP contribution in [0, 0.1) is 0 Å². The molecule has 1 amide bonds. The lowest BCUT2D eigenvalue weighted by atomic mass is 9.96. The summed E-state index contributed by atoms with van der Waals surface area (Å²) in [7, 11) is -3.55. The fourth-order valence-electron chi connectivity index (χ4n) is 3.52. The molecule has 0 unspecified atom stereocenters. The molecule has 2 aromatic carbocycles. The lowest BCUT2D eigenvalue weighted by molar-refractivity contribution is -0.118. The van der Waals surface area contributed by atoms with E-state index in [0.29, 0.717) is 17.4 Å². The van der Waals surface area contributed by atoms with Crippen LogP contribution in [0.2, 0.25) is 0 Å². The average molecular weight is 431 g/mol. The van der Waals surface area contributed by atoms with Gasteiger partial charge >= 0.3 is 0 Å². The van der Waals surface area contributed by atoms with E-state index in [4.69, 9.17) is 4.74 Å². The molecule has 162 valence electrons. The van der Waals surface area contributed by atoms with Crippen LogP contribution in [-0.4, -0.2) is 27.0 Å². The van der Waals surface area contributed by atoms with Crippen molar-refractivity contribution in [2.45, 2.75) is 62.8 Å². The molecule has 30 heavy (non-hydrogen) atoms. The highest BCUT2D eigenvalue weighted by molar-refractivity contribution is 7.89. The third-order valence-electron chi connectivity index (χ3n) is 5.29. The first-order valence-corrected chi connectivity index (χ1v) is 12.0. The van der Waals surface area contributed by atoms with E-state index in [0.717, 1.165) is 25.7 Å². The summed E-state index contributed by atoms with van der Waals surface area (Å²) in [5, 5.41) is 2.72. The van der Waals surface area contributed by atoms with Crippen LogP contribution in [0.4, 0.5) is 5.69 Å². The van der Waals surface area contributed by atoms with Gasteiger partial charge in [-0.25, -0.2) is 13.1 Å². The number of nitrogens with one attached hydrogen (secondary N) is 2. The molecule has 0 aliphatic heterocycles. The molecular weight excluding hydrogens is 400 g/mol. The molecule has 0 aromatic heterocycles. The Bertz CT molecular complexity index is 932. The molecule has 6 nitrogen and oxygen atoms in total. The van der Waals surface area contributed by atoms with Gasteiger partial charge in [-0.3, -0.25) is 4.79 Å². The van der Waals surface area contributed by atoms with Crippen molar-refractivity contribution in [3.63, 3.8) is 0 Å². The van der Waals surface area contributed by atoms with Crippen LogP contribution >= 0.6 is 0 Å². The molecule has 0 bridgehead atoms. The first-order chi connectivity index (χ1) is 14.3. The van der Waals surface area contributed by atoms with Crippen LogP contribution in [0.3, 0.4) is 0 Å². The average Bonchev–Trinajstić information content (AvgIpc) is 2.73. The zero-order valence-electron chi connectivity index (χ0n) is 17.6. The zero-order valence-corrected chi connectivity index (χ0v) is 18.4. The Balaban J connectivity index is 1.51. The van der Waals surface area contributed by atoms with Crippen molar-refractivity contribution in [3.05, 3.63) is 54.1 Å². The van der Waals surface area contributed by atoms with Crippen LogP contribution in [0.25, 0.3) is 0 Å². The minimum absolute atomic E-state index is 0.00915. The molecule has 3 rings (SSSR count). The highest BCUT2D eigenvalue weighted by Crippen LogP contribution is 2.21. The Hall–Kier alpha value is -2.38. The Morgan fingerprint density at radius 2 is 1.63 bits per heavy atom. The Kier molecular flexibility index (Phi) is 7.50. The van der Waals surface area contributed by atoms with Crippen molar-refractivity contribution in [1.82, 2.24) is 4.72 Å². The van der Waals surface area contributed by atoms with Gasteiger partial charge in [0, 0.05) is 11.7 Å². The molecular formula is C23H30N2O4S. The second kappa shape index (κ2) is 10.1. The molecule has 0 heterocycles. The number of anilines is 1. The van der Waals surface area contributed by atoms with Crippen molar-refractivity contribution in [2.24, 2.45) is 0 Å². The summed E-state index contributed by atoms with van der Waals surface area (Å²) in [4.78, 5) is 12.3. The van der Waals surface area contributed by atoms with Crippen LogP contribution in [0.15, 0.2) is 53.4 Å². The summed E-state index contributed by atoms with van der Waals surface area (Å²) in [6.45, 7) is 4.11. The monoisotopic (exact) mass is 430 g/mol. The number of amides is 1. The van der Waals surface area contributed by atoms with E-state index in [9.17, 15) is 13.2 Å². The van der Waals surface area contributed by atoms with E-state index in [-0.39, 0.29) is 23.5 Å². The van der Waals surface area contributed by atoms with Gasteiger partial charge in [-0.05, 0) is 60.7 Å². The highest BCUT2D eigenvalue weighted by Gasteiger charge is 2.21. The lowest BCUT2D eigenvalue weighted by Crippen LogP contribution is -2.36. The van der Waals surface area contributed by atoms with Crippen LogP contribution < -0.4 is 14.8 Å². The minimum Gasteiger partial charge on any atom is -0.484 e. The van der Waals surface area contributed by atoms with Gasteiger partial charge in [-0.15, -0.1) is 0 Å². The fourth-order valence-corrected chi connectivity index (χ4v) is 4.83. The van der Waals surface area contributed by atoms with E-state index in [1.807, 2.05) is 24.3 Å². The quantitative estimate of drug-likeness (QED) is 0.648. The second-order valence-corrected chi connectivity index (χ2v) is 9.76. The van der Waals surface area contributed by atoms with Gasteiger partial charge in [-0.1, -0.05) is 45.2 Å². The van der Waals surface area contributed by atoms with Crippen LogP contribution in [0.1, 0.15) is 57.4 Å². The fraction of sp³-hybridized carbons (Fsp3) is 0.435. The van der Waals surface area contributed by atoms with Crippen LogP contribution in [-0.2, 0) is 14.8 Å². The van der Waals surface area contributed by atoms with Crippen LogP contribution in [0.5, 0.6) is 5.75 Å². The van der Waals surface area contributed by atoms with Gasteiger partial charge in [0.2, 0.25) is 10.0 Å². The molecule has 2 N–H and O–H groups in total. The van der Waals surface area contributed by atoms with Crippen molar-refractivity contribution in [1.29, 1.82) is 0 Å². The number of ether oxygens (including phenoxy) is 1. The first-order valence-electron chi connectivity index (χ1n) is 10.5. The summed E-state index contributed by atoms with van der Waals surface area (Å²) in [6.07, 6.45) is 5.05. The van der Waals surface area contributed by atoms with Gasteiger partial charge in [0.1, 0.15) is 5.75 Å². The highest BCUT2D eigenvalue weighted by atomic mass is 32.2. The topological polar surface area (TPSA) is 84.5 Å². The lowest BCUT2D eigenvalue weighted by Gasteiger charge is -2.22. The van der Waals surface area contributed by atoms with Gasteiger partial charge < -0.3 is 10.1 Å². The van der Waals surface area contributed by atoms with Gasteiger partial charge in [0.15, 0.2) is 6.61 Å². The SMILES string of the molecule is CC(C)c1ccc(OCC(=O)Nc2ccc(S(=O)(=O)NC3CCCCC3)cc2)cc1. The molecule has 0 radical (unpaired) electrons. The van der Waals surface area contributed by atoms with Crippen molar-refractivity contribution in [3.8, 4) is 5.75 Å². The number of rotatable bonds is 8. The molecule has 0 atom stereocenters. The molecule has 1 saturated carbocycles. The maximum absolute atomic E-state index is 12.5. The number of sulfonamides is 1. The summed E-state index contributed by atoms with van der Waals surface area (Å²) >= 11 is 0. The molecule has 0 spiro atoms. The zero-order chi connectivity index (χ0) is 21.6. The maximum atomic E-state index is 12.5. The van der Waals surface area contributed by atoms with Gasteiger partial charge in [0.25, 0.3) is 5.91 Å². The third-order valence-corrected chi connectivity index (χ3v) is 6.83. The molecule has 0 saturated heterocycles. The molecule has 1 aliphatic carbocycles. The van der Waals surface area contributed by atoms with E-state index in [1.54, 1.807) is 12.1 Å². The summed E-state index contributed by atoms with van der Waals surface area (Å²) in [5.74, 6) is 0.760. The molecule has 1 fully saturated rings. The van der Waals surface area contributed by atoms with E-state index in [1.165, 1.54) is 24.1 Å². The summed E-state index contributed by atoms with van der Waals surface area (Å²) in [6, 6.07) is 13.9. The van der Waals surface area contributed by atoms with E-state index in [2.05, 4.69) is 23.9 Å². The predicted molar refractivity (Wildman–Crippen MR) is 118 cm³/mol. The first kappa shape index (κ1) is 22.3. The minimum atomic E-state index is -3.55. The molecule has 1 aliphatic rings. The van der Waals surface area contributed by atoms with Gasteiger partial charge in [-0.2, -0.15) is 0 Å². The van der Waals surface area contributed by atoms with E-state index >= 15 is 0 Å². The maximum Gasteiger partial charge on any atom is 0.262 e. The van der Waals surface area contributed by atoms with Gasteiger partial charge in [0.05, 0.1) is 4.90 Å². The Morgan fingerprint density at radius 3 is 2.23 bits per heavy atom. The molecule has 2 aromatic rings. The largest absolute Gasteiger partial charge is 0.484 e. The number of carbonyl (C=O) groups excluding carboxylic acids is 1. The third kappa shape index (κ3) is 6.31. The standard InChI is InChI=1S/C23H30N2O4S/c1-17(2)18-8-12-21(13-9-18)29-16-23(26)24-19-10-14-22(15-11-19)30(27,28)25-20-6-4-3-5-7-20/h8-15,17,20,25H,3-7,16H2,1-2H3,(H,24,26). The number of hydrogen-bond acceptors (Lipinski definition) is 4. The number of carbonyl (C=O) groups is 1. The van der Waals surface area contributed by atoms with Crippen molar-refractivity contribution in [2.75, 3.05) is 11.9 Å². The smallest absolute Gasteiger partial charge is 0.262 e. The summed E-state index contributed by atoms with van der Waals surface area (Å²) < 4.78 is 33.4.